The van der Waals surface area contributed by atoms with Crippen molar-refractivity contribution in [3.05, 3.63) is 101 Å². The third-order valence-corrected chi connectivity index (χ3v) is 6.63. The minimum Gasteiger partial charge on any atom is -0.497 e. The number of hydrogen-bond acceptors (Lipinski definition) is 11. The van der Waals surface area contributed by atoms with Gasteiger partial charge in [-0.25, -0.2) is 19.3 Å². The average Bonchev–Trinajstić information content (AvgIpc) is 3.05. The fourth-order valence-corrected chi connectivity index (χ4v) is 4.43. The Bertz CT molecular complexity index is 1700. The van der Waals surface area contributed by atoms with Gasteiger partial charge in [-0.2, -0.15) is 9.97 Å². The van der Waals surface area contributed by atoms with E-state index in [2.05, 4.69) is 25.3 Å². The summed E-state index contributed by atoms with van der Waals surface area (Å²) in [6.45, 7) is 2.72. The lowest BCUT2D eigenvalue weighted by molar-refractivity contribution is 0.112. The minimum atomic E-state index is -0.644. The Morgan fingerprint density at radius 3 is 2.00 bits per heavy atom. The van der Waals surface area contributed by atoms with Gasteiger partial charge in [0.15, 0.2) is 17.9 Å². The molecule has 0 fully saturated rings. The normalized spacial score (nSPS) is 10.7. The number of benzene rings is 2. The molecule has 0 aliphatic heterocycles. The van der Waals surface area contributed by atoms with E-state index in [-0.39, 0.29) is 11.7 Å². The number of aryl methyl sites for hydroxylation is 1. The third kappa shape index (κ3) is 7.04. The summed E-state index contributed by atoms with van der Waals surface area (Å²) in [7, 11) is 4.59. The minimum absolute atomic E-state index is 0.133. The molecule has 11 nitrogen and oxygen atoms in total. The summed E-state index contributed by atoms with van der Waals surface area (Å²) in [6.07, 6.45) is 3.50. The Labute approximate surface area is 253 Å². The molecule has 0 spiro atoms. The zero-order chi connectivity index (χ0) is 31.1. The highest BCUT2D eigenvalue weighted by Crippen LogP contribution is 2.30. The molecule has 0 bridgehead atoms. The maximum absolute atomic E-state index is 14.4. The average molecular weight is 596 g/mol. The quantitative estimate of drug-likeness (QED) is 0.182. The van der Waals surface area contributed by atoms with Gasteiger partial charge in [-0.15, -0.1) is 0 Å². The van der Waals surface area contributed by atoms with Gasteiger partial charge in [-0.1, -0.05) is 24.3 Å². The van der Waals surface area contributed by atoms with Gasteiger partial charge < -0.3 is 24.4 Å². The van der Waals surface area contributed by atoms with Gasteiger partial charge in [0.05, 0.1) is 38.8 Å². The number of carbonyl (C=O) groups is 1. The second-order valence-electron chi connectivity index (χ2n) is 9.68. The molecular weight excluding hydrogens is 565 g/mol. The number of pyridine rings is 2. The number of aromatic nitrogens is 5. The van der Waals surface area contributed by atoms with Crippen molar-refractivity contribution in [3.8, 4) is 28.8 Å². The standard InChI is InChI=1S/C32H30FN7O4/c1-20-36-30(27-13-23(19-41)15-34-29(27)38-24-14-28(33)31(44-4)35-16-24)39-32(37-20)40(17-21-5-9-25(42-2)10-6-21)18-22-7-11-26(43-3)12-8-22/h5-16,19H,17-18H2,1-4H3,(H,34,38). The topological polar surface area (TPSA) is 124 Å². The molecule has 1 N–H and O–H groups in total. The van der Waals surface area contributed by atoms with Crippen molar-refractivity contribution in [1.29, 1.82) is 0 Å². The number of nitrogens with one attached hydrogen (secondary N) is 1. The predicted molar refractivity (Wildman–Crippen MR) is 163 cm³/mol. The van der Waals surface area contributed by atoms with Gasteiger partial charge >= 0.3 is 0 Å². The van der Waals surface area contributed by atoms with E-state index in [0.717, 1.165) is 22.6 Å². The second kappa shape index (κ2) is 13.6. The van der Waals surface area contributed by atoms with E-state index in [9.17, 15) is 9.18 Å². The molecule has 5 rings (SSSR count). The summed E-state index contributed by atoms with van der Waals surface area (Å²) < 4.78 is 29.9. The van der Waals surface area contributed by atoms with E-state index in [1.54, 1.807) is 27.2 Å². The smallest absolute Gasteiger partial charge is 0.250 e. The van der Waals surface area contributed by atoms with Crippen molar-refractivity contribution in [3.63, 3.8) is 0 Å². The molecule has 2 aromatic carbocycles. The van der Waals surface area contributed by atoms with Crippen LogP contribution in [0.2, 0.25) is 0 Å². The van der Waals surface area contributed by atoms with Crippen LogP contribution in [0, 0.1) is 12.7 Å². The molecule has 0 atom stereocenters. The Balaban J connectivity index is 1.55. The molecule has 44 heavy (non-hydrogen) atoms. The number of halogens is 1. The second-order valence-corrected chi connectivity index (χ2v) is 9.68. The molecule has 0 aliphatic rings. The fourth-order valence-electron chi connectivity index (χ4n) is 4.43. The molecule has 12 heteroatoms. The molecule has 0 saturated carbocycles. The summed E-state index contributed by atoms with van der Waals surface area (Å²) >= 11 is 0. The van der Waals surface area contributed by atoms with Crippen molar-refractivity contribution in [2.24, 2.45) is 0 Å². The number of anilines is 3. The molecular formula is C32H30FN7O4. The van der Waals surface area contributed by atoms with Crippen molar-refractivity contribution >= 4 is 23.7 Å². The highest BCUT2D eigenvalue weighted by molar-refractivity contribution is 5.82. The molecule has 0 saturated heterocycles. The Morgan fingerprint density at radius 1 is 0.818 bits per heavy atom. The summed E-state index contributed by atoms with van der Waals surface area (Å²) in [4.78, 5) is 36.2. The molecule has 5 aromatic rings. The number of rotatable bonds is 12. The van der Waals surface area contributed by atoms with Gasteiger partial charge in [0.1, 0.15) is 23.1 Å². The zero-order valence-corrected chi connectivity index (χ0v) is 24.6. The number of aldehydes is 1. The highest BCUT2D eigenvalue weighted by atomic mass is 19.1. The van der Waals surface area contributed by atoms with Gasteiger partial charge in [-0.05, 0) is 48.4 Å². The first-order valence-corrected chi connectivity index (χ1v) is 13.5. The van der Waals surface area contributed by atoms with Crippen LogP contribution in [0.3, 0.4) is 0 Å². The van der Waals surface area contributed by atoms with Crippen LogP contribution in [0.4, 0.5) is 21.8 Å². The number of hydrogen-bond donors (Lipinski definition) is 1. The summed E-state index contributed by atoms with van der Waals surface area (Å²) in [5.74, 6) is 2.18. The Hall–Kier alpha value is -5.65. The van der Waals surface area contributed by atoms with Crippen LogP contribution in [-0.2, 0) is 13.1 Å². The summed E-state index contributed by atoms with van der Waals surface area (Å²) in [6, 6.07) is 18.4. The molecule has 224 valence electrons. The van der Waals surface area contributed by atoms with Crippen LogP contribution in [0.15, 0.2) is 73.1 Å². The highest BCUT2D eigenvalue weighted by Gasteiger charge is 2.19. The molecule has 0 aliphatic carbocycles. The SMILES string of the molecule is COc1ccc(CN(Cc2ccc(OC)cc2)c2nc(C)nc(-c3cc(C=O)cnc3Nc3cnc(OC)c(F)c3)n2)cc1. The number of ether oxygens (including phenoxy) is 3. The van der Waals surface area contributed by atoms with Crippen LogP contribution < -0.4 is 24.4 Å². The van der Waals surface area contributed by atoms with Gasteiger partial charge in [0, 0.05) is 30.9 Å². The van der Waals surface area contributed by atoms with Crippen molar-refractivity contribution in [2.75, 3.05) is 31.5 Å². The first-order valence-electron chi connectivity index (χ1n) is 13.5. The van der Waals surface area contributed by atoms with E-state index >= 15 is 0 Å². The Morgan fingerprint density at radius 2 is 1.45 bits per heavy atom. The number of methoxy groups -OCH3 is 3. The fraction of sp³-hybridized carbons (Fsp3) is 0.188. The lowest BCUT2D eigenvalue weighted by Gasteiger charge is -2.24. The maximum Gasteiger partial charge on any atom is 0.250 e. The Kier molecular flexibility index (Phi) is 9.19. The molecule has 0 radical (unpaired) electrons. The van der Waals surface area contributed by atoms with E-state index in [0.29, 0.717) is 53.8 Å². The number of nitrogens with zero attached hydrogens (tertiary/aromatic N) is 6. The van der Waals surface area contributed by atoms with Crippen LogP contribution in [0.1, 0.15) is 27.3 Å². The molecule has 3 heterocycles. The molecule has 0 unspecified atom stereocenters. The lowest BCUT2D eigenvalue weighted by atomic mass is 10.1. The monoisotopic (exact) mass is 595 g/mol. The van der Waals surface area contributed by atoms with Gasteiger partial charge in [-0.3, -0.25) is 4.79 Å². The van der Waals surface area contributed by atoms with Crippen LogP contribution >= 0.6 is 0 Å². The van der Waals surface area contributed by atoms with Gasteiger partial charge in [0.25, 0.3) is 0 Å². The van der Waals surface area contributed by atoms with E-state index in [1.165, 1.54) is 25.6 Å². The zero-order valence-electron chi connectivity index (χ0n) is 24.6. The van der Waals surface area contributed by atoms with Crippen LogP contribution in [0.5, 0.6) is 17.4 Å². The lowest BCUT2D eigenvalue weighted by Crippen LogP contribution is -2.25. The molecule has 3 aromatic heterocycles. The molecule has 0 amide bonds. The van der Waals surface area contributed by atoms with Gasteiger partial charge in [0.2, 0.25) is 11.8 Å². The van der Waals surface area contributed by atoms with E-state index in [1.807, 2.05) is 53.4 Å². The van der Waals surface area contributed by atoms with E-state index in [4.69, 9.17) is 19.2 Å². The van der Waals surface area contributed by atoms with Crippen LogP contribution in [0.25, 0.3) is 11.4 Å². The first-order chi connectivity index (χ1) is 21.4. The van der Waals surface area contributed by atoms with Crippen LogP contribution in [-0.4, -0.2) is 52.5 Å². The van der Waals surface area contributed by atoms with E-state index < -0.39 is 5.82 Å². The summed E-state index contributed by atoms with van der Waals surface area (Å²) in [5.41, 5.74) is 3.09. The third-order valence-electron chi connectivity index (χ3n) is 6.63. The first kappa shape index (κ1) is 29.8. The maximum atomic E-state index is 14.4. The summed E-state index contributed by atoms with van der Waals surface area (Å²) in [5, 5.41) is 3.06. The van der Waals surface area contributed by atoms with Crippen molar-refractivity contribution in [2.45, 2.75) is 20.0 Å². The van der Waals surface area contributed by atoms with Crippen molar-refractivity contribution < 1.29 is 23.4 Å². The number of carbonyl (C=O) groups excluding carboxylic acids is 1. The van der Waals surface area contributed by atoms with Crippen molar-refractivity contribution in [1.82, 2.24) is 24.9 Å². The predicted octanol–water partition coefficient (Wildman–Crippen LogP) is 5.56. The largest absolute Gasteiger partial charge is 0.497 e.